The van der Waals surface area contributed by atoms with E-state index in [4.69, 9.17) is 10.8 Å². The molecule has 5 nitrogen and oxygen atoms in total. The second-order valence-corrected chi connectivity index (χ2v) is 7.20. The Bertz CT molecular complexity index is 499. The van der Waals surface area contributed by atoms with Crippen LogP contribution in [0, 0.1) is 0 Å². The lowest BCUT2D eigenvalue weighted by Crippen LogP contribution is -2.32. The molecule has 1 unspecified atom stereocenters. The minimum Gasteiger partial charge on any atom is -0.480 e. The van der Waals surface area contributed by atoms with Gasteiger partial charge in [0.2, 0.25) is 0 Å². The van der Waals surface area contributed by atoms with Crippen molar-refractivity contribution in [2.24, 2.45) is 5.73 Å². The first kappa shape index (κ1) is 19.1. The lowest BCUT2D eigenvalue weighted by atomic mass is 10.1. The lowest BCUT2D eigenvalue weighted by Gasteiger charge is -2.10. The van der Waals surface area contributed by atoms with Crippen molar-refractivity contribution in [3.63, 3.8) is 0 Å². The molecule has 1 aromatic rings. The minimum absolute atomic E-state index is 0.254. The van der Waals surface area contributed by atoms with Crippen molar-refractivity contribution in [2.75, 3.05) is 15.8 Å². The average Bonchev–Trinajstić information content (AvgIpc) is 2.47. The maximum Gasteiger partial charge on any atom is 0.320 e. The molecule has 0 aliphatic carbocycles. The SMILES string of the molecule is N[C@@H](Cc1cccc(NS(=O)CCCCCCBr)c1)C(=O)O. The highest BCUT2D eigenvalue weighted by atomic mass is 79.9. The number of carboxylic acid groups (broad SMARTS) is 1. The smallest absolute Gasteiger partial charge is 0.320 e. The van der Waals surface area contributed by atoms with Gasteiger partial charge < -0.3 is 15.6 Å². The van der Waals surface area contributed by atoms with E-state index < -0.39 is 23.0 Å². The van der Waals surface area contributed by atoms with Gasteiger partial charge in [-0.25, -0.2) is 4.21 Å². The summed E-state index contributed by atoms with van der Waals surface area (Å²) in [7, 11) is -1.12. The summed E-state index contributed by atoms with van der Waals surface area (Å²) >= 11 is 3.39. The van der Waals surface area contributed by atoms with Crippen LogP contribution in [0.4, 0.5) is 5.69 Å². The third-order valence-electron chi connectivity index (χ3n) is 3.14. The molecule has 0 amide bonds. The summed E-state index contributed by atoms with van der Waals surface area (Å²) in [4.78, 5) is 10.8. The van der Waals surface area contributed by atoms with E-state index in [1.165, 1.54) is 0 Å². The first-order valence-electron chi connectivity index (χ1n) is 7.31. The molecule has 0 aliphatic rings. The molecule has 0 aromatic heterocycles. The summed E-state index contributed by atoms with van der Waals surface area (Å²) in [6.45, 7) is 0. The van der Waals surface area contributed by atoms with Gasteiger partial charge in [0.25, 0.3) is 0 Å². The van der Waals surface area contributed by atoms with Crippen molar-refractivity contribution in [3.8, 4) is 0 Å². The third kappa shape index (κ3) is 7.91. The summed E-state index contributed by atoms with van der Waals surface area (Å²) in [5, 5.41) is 9.84. The van der Waals surface area contributed by atoms with Crippen molar-refractivity contribution in [2.45, 2.75) is 38.1 Å². The van der Waals surface area contributed by atoms with Gasteiger partial charge in [0.1, 0.15) is 17.0 Å². The second kappa shape index (κ2) is 10.7. The molecule has 0 spiro atoms. The van der Waals surface area contributed by atoms with Crippen molar-refractivity contribution < 1.29 is 14.1 Å². The van der Waals surface area contributed by atoms with E-state index >= 15 is 0 Å². The number of nitrogens with one attached hydrogen (secondary N) is 1. The fourth-order valence-corrected chi connectivity index (χ4v) is 3.32. The van der Waals surface area contributed by atoms with Crippen LogP contribution in [0.3, 0.4) is 0 Å². The van der Waals surface area contributed by atoms with E-state index in [0.29, 0.717) is 5.75 Å². The first-order valence-corrected chi connectivity index (χ1v) is 9.75. The highest BCUT2D eigenvalue weighted by Crippen LogP contribution is 2.13. The summed E-state index contributed by atoms with van der Waals surface area (Å²) in [6, 6.07) is 6.32. The number of carboxylic acids is 1. The number of aliphatic carboxylic acids is 1. The maximum absolute atomic E-state index is 12.0. The highest BCUT2D eigenvalue weighted by molar-refractivity contribution is 9.09. The zero-order valence-corrected chi connectivity index (χ0v) is 14.9. The van der Waals surface area contributed by atoms with Crippen LogP contribution in [0.1, 0.15) is 31.2 Å². The number of rotatable bonds is 11. The number of unbranched alkanes of at least 4 members (excludes halogenated alkanes) is 3. The molecule has 0 bridgehead atoms. The van der Waals surface area contributed by atoms with Gasteiger partial charge in [0, 0.05) is 16.8 Å². The molecule has 1 aromatic carbocycles. The number of hydrogen-bond donors (Lipinski definition) is 3. The zero-order chi connectivity index (χ0) is 16.4. The molecule has 0 saturated carbocycles. The van der Waals surface area contributed by atoms with Gasteiger partial charge in [0.05, 0.1) is 0 Å². The number of alkyl halides is 1. The standard InChI is InChI=1S/C15H23BrN2O3S/c16-8-3-1-2-4-9-22(21)18-13-7-5-6-12(10-13)11-14(17)15(19)20/h5-7,10,14,18H,1-4,8-9,11,17H2,(H,19,20)/t14-,22?/m0/s1. The topological polar surface area (TPSA) is 92.4 Å². The zero-order valence-electron chi connectivity index (χ0n) is 12.5. The molecule has 124 valence electrons. The van der Waals surface area contributed by atoms with Crippen LogP contribution in [0.5, 0.6) is 0 Å². The average molecular weight is 391 g/mol. The van der Waals surface area contributed by atoms with Crippen LogP contribution >= 0.6 is 15.9 Å². The van der Waals surface area contributed by atoms with Crippen LogP contribution in [0.25, 0.3) is 0 Å². The van der Waals surface area contributed by atoms with Crippen molar-refractivity contribution in [1.82, 2.24) is 0 Å². The van der Waals surface area contributed by atoms with E-state index in [9.17, 15) is 9.00 Å². The number of halogens is 1. The van der Waals surface area contributed by atoms with Gasteiger partial charge in [-0.05, 0) is 37.0 Å². The van der Waals surface area contributed by atoms with Crippen LogP contribution in [-0.2, 0) is 22.2 Å². The molecule has 0 saturated heterocycles. The Hall–Kier alpha value is -0.920. The molecule has 7 heteroatoms. The first-order chi connectivity index (χ1) is 10.5. The quantitative estimate of drug-likeness (QED) is 0.400. The fraction of sp³-hybridized carbons (Fsp3) is 0.533. The van der Waals surface area contributed by atoms with Crippen molar-refractivity contribution >= 4 is 38.6 Å². The Labute approximate surface area is 142 Å². The molecule has 22 heavy (non-hydrogen) atoms. The molecule has 0 aliphatic heterocycles. The van der Waals surface area contributed by atoms with E-state index in [1.807, 2.05) is 12.1 Å². The van der Waals surface area contributed by atoms with Crippen LogP contribution < -0.4 is 10.5 Å². The molecular formula is C15H23BrN2O3S. The summed E-state index contributed by atoms with van der Waals surface area (Å²) in [5.41, 5.74) is 7.07. The van der Waals surface area contributed by atoms with Crippen molar-refractivity contribution in [1.29, 1.82) is 0 Å². The third-order valence-corrected chi connectivity index (χ3v) is 4.83. The Morgan fingerprint density at radius 3 is 2.73 bits per heavy atom. The molecule has 4 N–H and O–H groups in total. The molecule has 2 atom stereocenters. The summed E-state index contributed by atoms with van der Waals surface area (Å²) in [5.74, 6) is -0.411. The normalized spacial score (nSPS) is 13.5. The van der Waals surface area contributed by atoms with Crippen LogP contribution in [0.15, 0.2) is 24.3 Å². The molecular weight excluding hydrogens is 368 g/mol. The fourth-order valence-electron chi connectivity index (χ4n) is 1.97. The van der Waals surface area contributed by atoms with Crippen LogP contribution in [-0.4, -0.2) is 32.4 Å². The molecule has 0 radical (unpaired) electrons. The monoisotopic (exact) mass is 390 g/mol. The molecule has 0 fully saturated rings. The predicted molar refractivity (Wildman–Crippen MR) is 94.7 cm³/mol. The number of anilines is 1. The lowest BCUT2D eigenvalue weighted by molar-refractivity contribution is -0.138. The van der Waals surface area contributed by atoms with Gasteiger partial charge in [-0.15, -0.1) is 0 Å². The number of hydrogen-bond acceptors (Lipinski definition) is 3. The number of nitrogens with two attached hydrogens (primary N) is 1. The van der Waals surface area contributed by atoms with Gasteiger partial charge in [-0.2, -0.15) is 0 Å². The summed E-state index contributed by atoms with van der Waals surface area (Å²) in [6.07, 6.45) is 4.55. The highest BCUT2D eigenvalue weighted by Gasteiger charge is 2.12. The van der Waals surface area contributed by atoms with Gasteiger partial charge in [-0.3, -0.25) is 4.79 Å². The van der Waals surface area contributed by atoms with E-state index in [1.54, 1.807) is 12.1 Å². The Morgan fingerprint density at radius 1 is 1.32 bits per heavy atom. The van der Waals surface area contributed by atoms with Crippen molar-refractivity contribution in [3.05, 3.63) is 29.8 Å². The Balaban J connectivity index is 2.42. The van der Waals surface area contributed by atoms with Gasteiger partial charge in [0.15, 0.2) is 0 Å². The van der Waals surface area contributed by atoms with Gasteiger partial charge >= 0.3 is 5.97 Å². The summed E-state index contributed by atoms with van der Waals surface area (Å²) < 4.78 is 14.9. The molecule has 1 rings (SSSR count). The van der Waals surface area contributed by atoms with Crippen LogP contribution in [0.2, 0.25) is 0 Å². The van der Waals surface area contributed by atoms with E-state index in [-0.39, 0.29) is 6.42 Å². The van der Waals surface area contributed by atoms with Gasteiger partial charge in [-0.1, -0.05) is 40.9 Å². The largest absolute Gasteiger partial charge is 0.480 e. The number of benzene rings is 1. The van der Waals surface area contributed by atoms with E-state index in [0.717, 1.165) is 42.3 Å². The molecule has 0 heterocycles. The Kier molecular flexibility index (Phi) is 9.34. The maximum atomic E-state index is 12.0. The minimum atomic E-state index is -1.12. The second-order valence-electron chi connectivity index (χ2n) is 5.10. The Morgan fingerprint density at radius 2 is 2.05 bits per heavy atom. The predicted octanol–water partition coefficient (Wildman–Crippen LogP) is 2.67. The number of carbonyl (C=O) groups is 1. The van der Waals surface area contributed by atoms with E-state index in [2.05, 4.69) is 20.7 Å².